The minimum absolute atomic E-state index is 0.0551. The minimum Gasteiger partial charge on any atom is -0.355 e. The molecule has 1 N–H and O–H groups in total. The highest BCUT2D eigenvalue weighted by molar-refractivity contribution is 7.09. The molecule has 134 valence electrons. The van der Waals surface area contributed by atoms with E-state index in [1.807, 2.05) is 62.4 Å². The molecule has 0 aliphatic carbocycles. The monoisotopic (exact) mass is 364 g/mol. The van der Waals surface area contributed by atoms with Gasteiger partial charge in [0.1, 0.15) is 0 Å². The van der Waals surface area contributed by atoms with Gasteiger partial charge in [-0.25, -0.2) is 4.98 Å². The van der Waals surface area contributed by atoms with E-state index in [9.17, 15) is 4.79 Å². The van der Waals surface area contributed by atoms with Gasteiger partial charge >= 0.3 is 0 Å². The fourth-order valence-corrected chi connectivity index (χ4v) is 3.79. The third-order valence-corrected chi connectivity index (χ3v) is 5.47. The number of aromatic nitrogens is 1. The van der Waals surface area contributed by atoms with Crippen molar-refractivity contribution in [1.82, 2.24) is 10.3 Å². The Morgan fingerprint density at radius 2 is 1.73 bits per heavy atom. The molecule has 0 radical (unpaired) electrons. The van der Waals surface area contributed by atoms with E-state index in [-0.39, 0.29) is 5.91 Å². The fourth-order valence-electron chi connectivity index (χ4n) is 3.15. The third kappa shape index (κ3) is 4.38. The standard InChI is InChI=1S/C22H24N2OS/c1-17-24-20(16-26-17)13-14-23-21(25)22(2,19-11-7-4-8-12-19)15-18-9-5-3-6-10-18/h3-12,16H,13-15H2,1-2H3,(H,23,25). The lowest BCUT2D eigenvalue weighted by Crippen LogP contribution is -2.44. The lowest BCUT2D eigenvalue weighted by atomic mass is 9.76. The Morgan fingerprint density at radius 1 is 1.08 bits per heavy atom. The van der Waals surface area contributed by atoms with Gasteiger partial charge in [0.25, 0.3) is 0 Å². The molecule has 1 amide bonds. The number of nitrogens with zero attached hydrogens (tertiary/aromatic N) is 1. The SMILES string of the molecule is Cc1nc(CCNC(=O)C(C)(Cc2ccccc2)c2ccccc2)cs1. The van der Waals surface area contributed by atoms with Crippen molar-refractivity contribution < 1.29 is 4.79 Å². The smallest absolute Gasteiger partial charge is 0.230 e. The molecule has 0 saturated heterocycles. The van der Waals surface area contributed by atoms with Crippen LogP contribution in [0.2, 0.25) is 0 Å². The van der Waals surface area contributed by atoms with Crippen LogP contribution in [0.4, 0.5) is 0 Å². The zero-order valence-electron chi connectivity index (χ0n) is 15.2. The normalized spacial score (nSPS) is 13.2. The maximum atomic E-state index is 13.1. The summed E-state index contributed by atoms with van der Waals surface area (Å²) in [5.74, 6) is 0.0551. The van der Waals surface area contributed by atoms with Crippen LogP contribution in [0.15, 0.2) is 66.0 Å². The molecule has 4 heteroatoms. The summed E-state index contributed by atoms with van der Waals surface area (Å²) in [5, 5.41) is 6.24. The second-order valence-corrected chi connectivity index (χ2v) is 7.79. The van der Waals surface area contributed by atoms with E-state index in [1.54, 1.807) is 11.3 Å². The summed E-state index contributed by atoms with van der Waals surface area (Å²) < 4.78 is 0. The summed E-state index contributed by atoms with van der Waals surface area (Å²) in [7, 11) is 0. The Bertz CT molecular complexity index is 845. The van der Waals surface area contributed by atoms with Crippen LogP contribution in [-0.4, -0.2) is 17.4 Å². The summed E-state index contributed by atoms with van der Waals surface area (Å²) in [6, 6.07) is 20.2. The Kier molecular flexibility index (Phi) is 5.84. The summed E-state index contributed by atoms with van der Waals surface area (Å²) in [6.45, 7) is 4.62. The van der Waals surface area contributed by atoms with E-state index >= 15 is 0 Å². The van der Waals surface area contributed by atoms with Crippen LogP contribution in [0.5, 0.6) is 0 Å². The molecule has 1 unspecified atom stereocenters. The van der Waals surface area contributed by atoms with Gasteiger partial charge in [-0.3, -0.25) is 4.79 Å². The number of rotatable bonds is 7. The first-order valence-electron chi connectivity index (χ1n) is 8.87. The van der Waals surface area contributed by atoms with Crippen LogP contribution >= 0.6 is 11.3 Å². The molecule has 0 bridgehead atoms. The Hall–Kier alpha value is -2.46. The van der Waals surface area contributed by atoms with Gasteiger partial charge in [0.05, 0.1) is 16.1 Å². The molecule has 3 nitrogen and oxygen atoms in total. The number of hydrogen-bond acceptors (Lipinski definition) is 3. The third-order valence-electron chi connectivity index (χ3n) is 4.65. The molecule has 26 heavy (non-hydrogen) atoms. The number of hydrogen-bond donors (Lipinski definition) is 1. The average molecular weight is 365 g/mol. The maximum absolute atomic E-state index is 13.1. The van der Waals surface area contributed by atoms with Gasteiger partial charge in [-0.05, 0) is 31.4 Å². The largest absolute Gasteiger partial charge is 0.355 e. The van der Waals surface area contributed by atoms with E-state index in [2.05, 4.69) is 27.8 Å². The quantitative estimate of drug-likeness (QED) is 0.679. The lowest BCUT2D eigenvalue weighted by Gasteiger charge is -2.29. The summed E-state index contributed by atoms with van der Waals surface area (Å²) in [5.41, 5.74) is 2.62. The number of nitrogens with one attached hydrogen (secondary N) is 1. The van der Waals surface area contributed by atoms with E-state index in [0.717, 1.165) is 28.2 Å². The zero-order chi connectivity index (χ0) is 18.4. The number of benzene rings is 2. The number of aryl methyl sites for hydroxylation is 1. The summed E-state index contributed by atoms with van der Waals surface area (Å²) in [4.78, 5) is 17.6. The zero-order valence-corrected chi connectivity index (χ0v) is 16.1. The molecular weight excluding hydrogens is 340 g/mol. The summed E-state index contributed by atoms with van der Waals surface area (Å²) in [6.07, 6.45) is 1.42. The first-order valence-corrected chi connectivity index (χ1v) is 9.75. The topological polar surface area (TPSA) is 42.0 Å². The van der Waals surface area contributed by atoms with Crippen LogP contribution in [0.1, 0.15) is 28.8 Å². The van der Waals surface area contributed by atoms with E-state index in [0.29, 0.717) is 13.0 Å². The molecule has 1 atom stereocenters. The van der Waals surface area contributed by atoms with Gasteiger partial charge < -0.3 is 5.32 Å². The van der Waals surface area contributed by atoms with Gasteiger partial charge in [-0.2, -0.15) is 0 Å². The first-order chi connectivity index (χ1) is 12.6. The number of carbonyl (C=O) groups excluding carboxylic acids is 1. The minimum atomic E-state index is -0.611. The molecule has 0 aliphatic heterocycles. The van der Waals surface area contributed by atoms with Gasteiger partial charge in [-0.15, -0.1) is 11.3 Å². The second-order valence-electron chi connectivity index (χ2n) is 6.72. The Labute approximate surface area is 159 Å². The van der Waals surface area contributed by atoms with Crippen molar-refractivity contribution in [2.75, 3.05) is 6.54 Å². The molecule has 3 rings (SSSR count). The van der Waals surface area contributed by atoms with Gasteiger partial charge in [0.15, 0.2) is 0 Å². The average Bonchev–Trinajstić information content (AvgIpc) is 3.08. The predicted octanol–water partition coefficient (Wildman–Crippen LogP) is 4.31. The summed E-state index contributed by atoms with van der Waals surface area (Å²) >= 11 is 1.64. The van der Waals surface area contributed by atoms with Crippen molar-refractivity contribution in [1.29, 1.82) is 0 Å². The van der Waals surface area contributed by atoms with Crippen molar-refractivity contribution in [2.24, 2.45) is 0 Å². The molecule has 1 aromatic heterocycles. The van der Waals surface area contributed by atoms with Crippen LogP contribution in [0.3, 0.4) is 0 Å². The highest BCUT2D eigenvalue weighted by Crippen LogP contribution is 2.28. The van der Waals surface area contributed by atoms with Crippen molar-refractivity contribution in [3.05, 3.63) is 87.9 Å². The predicted molar refractivity (Wildman–Crippen MR) is 108 cm³/mol. The maximum Gasteiger partial charge on any atom is 0.230 e. The van der Waals surface area contributed by atoms with Crippen LogP contribution in [0, 0.1) is 6.92 Å². The van der Waals surface area contributed by atoms with E-state index < -0.39 is 5.41 Å². The highest BCUT2D eigenvalue weighted by atomic mass is 32.1. The van der Waals surface area contributed by atoms with E-state index in [1.165, 1.54) is 0 Å². The Morgan fingerprint density at radius 3 is 2.35 bits per heavy atom. The molecule has 2 aromatic carbocycles. The van der Waals surface area contributed by atoms with Crippen molar-refractivity contribution in [3.63, 3.8) is 0 Å². The van der Waals surface area contributed by atoms with E-state index in [4.69, 9.17) is 0 Å². The van der Waals surface area contributed by atoms with Crippen LogP contribution in [0.25, 0.3) is 0 Å². The molecule has 3 aromatic rings. The number of amides is 1. The molecule has 0 spiro atoms. The van der Waals surface area contributed by atoms with Crippen molar-refractivity contribution in [2.45, 2.75) is 32.1 Å². The van der Waals surface area contributed by atoms with Gasteiger partial charge in [0.2, 0.25) is 5.91 Å². The molecule has 0 saturated carbocycles. The van der Waals surface area contributed by atoms with Crippen molar-refractivity contribution in [3.8, 4) is 0 Å². The second kappa shape index (κ2) is 8.28. The molecule has 0 fully saturated rings. The Balaban J connectivity index is 1.75. The van der Waals surface area contributed by atoms with Crippen LogP contribution < -0.4 is 5.32 Å². The van der Waals surface area contributed by atoms with Crippen LogP contribution in [-0.2, 0) is 23.1 Å². The molecule has 1 heterocycles. The fraction of sp³-hybridized carbons (Fsp3) is 0.273. The highest BCUT2D eigenvalue weighted by Gasteiger charge is 2.35. The number of carbonyl (C=O) groups is 1. The molecular formula is C22H24N2OS. The lowest BCUT2D eigenvalue weighted by molar-refractivity contribution is -0.126. The van der Waals surface area contributed by atoms with Gasteiger partial charge in [-0.1, -0.05) is 60.7 Å². The molecule has 0 aliphatic rings. The first kappa shape index (κ1) is 18.3. The van der Waals surface area contributed by atoms with Crippen molar-refractivity contribution >= 4 is 17.2 Å². The van der Waals surface area contributed by atoms with Gasteiger partial charge in [0, 0.05) is 18.3 Å². The number of thiazole rings is 1.